The maximum absolute atomic E-state index is 4.82. The van der Waals surface area contributed by atoms with Crippen LogP contribution < -0.4 is 4.90 Å². The average molecular weight is 378 g/mol. The minimum absolute atomic E-state index is 0.915. The number of benzene rings is 1. The molecule has 1 fully saturated rings. The molecule has 3 aromatic rings. The van der Waals surface area contributed by atoms with E-state index in [1.165, 1.54) is 11.1 Å². The molecule has 0 radical (unpaired) electrons. The van der Waals surface area contributed by atoms with Crippen molar-refractivity contribution in [2.24, 2.45) is 0 Å². The molecule has 0 bridgehead atoms. The summed E-state index contributed by atoms with van der Waals surface area (Å²) in [7, 11) is 0. The third-order valence-corrected chi connectivity index (χ3v) is 5.62. The second-order valence-electron chi connectivity index (χ2n) is 6.61. The van der Waals surface area contributed by atoms with Crippen molar-refractivity contribution in [2.45, 2.75) is 17.3 Å². The fourth-order valence-corrected chi connectivity index (χ4v) is 3.98. The predicted molar refractivity (Wildman–Crippen MR) is 110 cm³/mol. The number of aromatic nitrogens is 3. The molecule has 0 spiro atoms. The molecule has 0 N–H and O–H groups in total. The van der Waals surface area contributed by atoms with Crippen molar-refractivity contribution in [1.82, 2.24) is 19.9 Å². The van der Waals surface area contributed by atoms with Crippen LogP contribution in [0.3, 0.4) is 0 Å². The van der Waals surface area contributed by atoms with E-state index >= 15 is 0 Å². The normalized spacial score (nSPS) is 15.0. The van der Waals surface area contributed by atoms with Crippen molar-refractivity contribution in [3.8, 4) is 0 Å². The summed E-state index contributed by atoms with van der Waals surface area (Å²) in [5, 5.41) is 0.981. The molecule has 4 rings (SSSR count). The summed E-state index contributed by atoms with van der Waals surface area (Å²) in [4.78, 5) is 18.2. The van der Waals surface area contributed by atoms with Gasteiger partial charge in [-0.25, -0.2) is 4.98 Å². The van der Waals surface area contributed by atoms with Gasteiger partial charge in [0.1, 0.15) is 10.8 Å². The van der Waals surface area contributed by atoms with Gasteiger partial charge in [0.05, 0.1) is 12.4 Å². The SMILES string of the molecule is c1ccc(CSc2cncc(N3CCN(Cc4cccnc4)CC3)n2)cc1. The zero-order chi connectivity index (χ0) is 18.3. The molecule has 1 aromatic carbocycles. The third kappa shape index (κ3) is 5.05. The molecule has 27 heavy (non-hydrogen) atoms. The fourth-order valence-electron chi connectivity index (χ4n) is 3.18. The van der Waals surface area contributed by atoms with Crippen molar-refractivity contribution in [3.05, 3.63) is 78.4 Å². The molecule has 0 amide bonds. The van der Waals surface area contributed by atoms with Crippen LogP contribution in [-0.2, 0) is 12.3 Å². The van der Waals surface area contributed by atoms with Gasteiger partial charge in [-0.05, 0) is 17.2 Å². The van der Waals surface area contributed by atoms with Crippen LogP contribution in [0, 0.1) is 0 Å². The lowest BCUT2D eigenvalue weighted by Crippen LogP contribution is -2.46. The van der Waals surface area contributed by atoms with E-state index in [9.17, 15) is 0 Å². The standard InChI is InChI=1S/C21H23N5S/c1-2-5-18(6-3-1)17-27-21-15-23-14-20(24-21)26-11-9-25(10-12-26)16-19-7-4-8-22-13-19/h1-8,13-15H,9-12,16-17H2. The first-order valence-electron chi connectivity index (χ1n) is 9.22. The average Bonchev–Trinajstić information content (AvgIpc) is 2.75. The summed E-state index contributed by atoms with van der Waals surface area (Å²) >= 11 is 1.74. The minimum Gasteiger partial charge on any atom is -0.353 e. The van der Waals surface area contributed by atoms with Crippen molar-refractivity contribution in [2.75, 3.05) is 31.1 Å². The number of pyridine rings is 1. The van der Waals surface area contributed by atoms with E-state index in [1.54, 1.807) is 11.8 Å². The van der Waals surface area contributed by atoms with E-state index in [-0.39, 0.29) is 0 Å². The van der Waals surface area contributed by atoms with Gasteiger partial charge in [-0.15, -0.1) is 11.8 Å². The van der Waals surface area contributed by atoms with Gasteiger partial charge < -0.3 is 4.90 Å². The molecule has 2 aromatic heterocycles. The summed E-state index contributed by atoms with van der Waals surface area (Å²) < 4.78 is 0. The monoisotopic (exact) mass is 377 g/mol. The second-order valence-corrected chi connectivity index (χ2v) is 7.61. The lowest BCUT2D eigenvalue weighted by Gasteiger charge is -2.35. The van der Waals surface area contributed by atoms with Crippen LogP contribution >= 0.6 is 11.8 Å². The van der Waals surface area contributed by atoms with Gasteiger partial charge in [-0.1, -0.05) is 36.4 Å². The smallest absolute Gasteiger partial charge is 0.148 e. The first kappa shape index (κ1) is 17.9. The Labute approximate surface area is 164 Å². The number of hydrogen-bond acceptors (Lipinski definition) is 6. The van der Waals surface area contributed by atoms with E-state index in [1.807, 2.05) is 36.9 Å². The molecule has 1 aliphatic rings. The molecule has 138 valence electrons. The van der Waals surface area contributed by atoms with Crippen LogP contribution in [-0.4, -0.2) is 46.0 Å². The summed E-state index contributed by atoms with van der Waals surface area (Å²) in [6, 6.07) is 14.6. The van der Waals surface area contributed by atoms with Gasteiger partial charge in [0.25, 0.3) is 0 Å². The Bertz CT molecular complexity index is 835. The third-order valence-electron chi connectivity index (χ3n) is 4.65. The molecule has 5 nitrogen and oxygen atoms in total. The van der Waals surface area contributed by atoms with E-state index in [0.717, 1.165) is 49.3 Å². The molecular weight excluding hydrogens is 354 g/mol. The molecule has 0 saturated carbocycles. The van der Waals surface area contributed by atoms with Crippen LogP contribution in [0.15, 0.2) is 72.3 Å². The highest BCUT2D eigenvalue weighted by Crippen LogP contribution is 2.23. The van der Waals surface area contributed by atoms with Crippen LogP contribution in [0.4, 0.5) is 5.82 Å². The molecule has 1 saturated heterocycles. The summed E-state index contributed by atoms with van der Waals surface area (Å²) in [5.41, 5.74) is 2.57. The highest BCUT2D eigenvalue weighted by molar-refractivity contribution is 7.98. The van der Waals surface area contributed by atoms with Crippen molar-refractivity contribution in [1.29, 1.82) is 0 Å². The minimum atomic E-state index is 0.915. The highest BCUT2D eigenvalue weighted by Gasteiger charge is 2.18. The summed E-state index contributed by atoms with van der Waals surface area (Å²) in [6.45, 7) is 4.96. The van der Waals surface area contributed by atoms with E-state index in [2.05, 4.69) is 50.1 Å². The molecule has 0 unspecified atom stereocenters. The molecular formula is C21H23N5S. The van der Waals surface area contributed by atoms with Gasteiger partial charge in [0, 0.05) is 50.9 Å². The van der Waals surface area contributed by atoms with Crippen molar-refractivity contribution >= 4 is 17.6 Å². The largest absolute Gasteiger partial charge is 0.353 e. The number of anilines is 1. The lowest BCUT2D eigenvalue weighted by molar-refractivity contribution is 0.249. The lowest BCUT2D eigenvalue weighted by atomic mass is 10.2. The molecule has 3 heterocycles. The zero-order valence-corrected chi connectivity index (χ0v) is 16.1. The number of hydrogen-bond donors (Lipinski definition) is 0. The number of nitrogens with zero attached hydrogens (tertiary/aromatic N) is 5. The predicted octanol–water partition coefficient (Wildman–Crippen LogP) is 3.49. The maximum atomic E-state index is 4.82. The zero-order valence-electron chi connectivity index (χ0n) is 15.2. The Balaban J connectivity index is 1.32. The van der Waals surface area contributed by atoms with Gasteiger partial charge in [0.2, 0.25) is 0 Å². The Kier molecular flexibility index (Phi) is 5.96. The van der Waals surface area contributed by atoms with Gasteiger partial charge in [-0.3, -0.25) is 14.9 Å². The number of piperazine rings is 1. The molecule has 6 heteroatoms. The molecule has 1 aliphatic heterocycles. The Morgan fingerprint density at radius 2 is 1.63 bits per heavy atom. The van der Waals surface area contributed by atoms with Crippen molar-refractivity contribution in [3.63, 3.8) is 0 Å². The van der Waals surface area contributed by atoms with Gasteiger partial charge in [0.15, 0.2) is 0 Å². The van der Waals surface area contributed by atoms with Gasteiger partial charge in [-0.2, -0.15) is 0 Å². The summed E-state index contributed by atoms with van der Waals surface area (Å²) in [5.74, 6) is 1.90. The van der Waals surface area contributed by atoms with E-state index in [0.29, 0.717) is 0 Å². The van der Waals surface area contributed by atoms with Crippen molar-refractivity contribution < 1.29 is 0 Å². The number of thioether (sulfide) groups is 1. The fraction of sp³-hybridized carbons (Fsp3) is 0.286. The number of rotatable bonds is 6. The molecule has 0 aliphatic carbocycles. The Hall–Kier alpha value is -2.44. The van der Waals surface area contributed by atoms with Crippen LogP contribution in [0.25, 0.3) is 0 Å². The van der Waals surface area contributed by atoms with Crippen LogP contribution in [0.5, 0.6) is 0 Å². The first-order chi connectivity index (χ1) is 13.4. The van der Waals surface area contributed by atoms with E-state index < -0.39 is 0 Å². The Morgan fingerprint density at radius 1 is 0.815 bits per heavy atom. The van der Waals surface area contributed by atoms with Crippen LogP contribution in [0.1, 0.15) is 11.1 Å². The second kappa shape index (κ2) is 8.97. The summed E-state index contributed by atoms with van der Waals surface area (Å²) in [6.07, 6.45) is 7.51. The maximum Gasteiger partial charge on any atom is 0.148 e. The quantitative estimate of drug-likeness (QED) is 0.613. The topological polar surface area (TPSA) is 45.2 Å². The van der Waals surface area contributed by atoms with Gasteiger partial charge >= 0.3 is 0 Å². The van der Waals surface area contributed by atoms with E-state index in [4.69, 9.17) is 4.98 Å². The Morgan fingerprint density at radius 3 is 2.41 bits per heavy atom. The highest BCUT2D eigenvalue weighted by atomic mass is 32.2. The molecule has 0 atom stereocenters. The van der Waals surface area contributed by atoms with Crippen LogP contribution in [0.2, 0.25) is 0 Å². The first-order valence-corrected chi connectivity index (χ1v) is 10.2.